The fraction of sp³-hybridized carbons (Fsp3) is 0.688. The molecule has 0 aliphatic heterocycles. The highest BCUT2D eigenvalue weighted by atomic mass is 16.5. The zero-order valence-corrected chi connectivity index (χ0v) is 12.6. The van der Waals surface area contributed by atoms with Crippen molar-refractivity contribution in [1.29, 1.82) is 0 Å². The highest BCUT2D eigenvalue weighted by Crippen LogP contribution is 2.45. The summed E-state index contributed by atoms with van der Waals surface area (Å²) >= 11 is 0. The molecule has 106 valence electrons. The van der Waals surface area contributed by atoms with Gasteiger partial charge in [0.05, 0.1) is 12.6 Å². The van der Waals surface area contributed by atoms with Gasteiger partial charge in [-0.1, -0.05) is 20.8 Å². The highest BCUT2D eigenvalue weighted by molar-refractivity contribution is 5.33. The van der Waals surface area contributed by atoms with Crippen molar-refractivity contribution in [2.45, 2.75) is 52.0 Å². The Hall–Kier alpha value is -1.09. The van der Waals surface area contributed by atoms with Crippen molar-refractivity contribution in [3.05, 3.63) is 24.0 Å². The lowest BCUT2D eigenvalue weighted by Crippen LogP contribution is -2.43. The summed E-state index contributed by atoms with van der Waals surface area (Å²) in [5.41, 5.74) is 7.59. The summed E-state index contributed by atoms with van der Waals surface area (Å²) in [6.07, 6.45) is 6.12. The molecule has 2 rings (SSSR count). The van der Waals surface area contributed by atoms with Crippen molar-refractivity contribution in [3.63, 3.8) is 0 Å². The van der Waals surface area contributed by atoms with Crippen molar-refractivity contribution in [3.8, 4) is 5.75 Å². The third-order valence-corrected chi connectivity index (χ3v) is 4.56. The Kier molecular flexibility index (Phi) is 3.86. The molecule has 1 fully saturated rings. The van der Waals surface area contributed by atoms with Gasteiger partial charge in [0.2, 0.25) is 0 Å². The zero-order chi connectivity index (χ0) is 14.1. The molecule has 0 saturated heterocycles. The number of hydrogen-bond acceptors (Lipinski definition) is 3. The summed E-state index contributed by atoms with van der Waals surface area (Å²) in [5.74, 6) is 1.57. The number of rotatable bonds is 2. The van der Waals surface area contributed by atoms with Crippen LogP contribution in [-0.4, -0.2) is 12.1 Å². The topological polar surface area (TPSA) is 48.1 Å². The highest BCUT2D eigenvalue weighted by Gasteiger charge is 2.39. The van der Waals surface area contributed by atoms with Crippen LogP contribution in [0.25, 0.3) is 0 Å². The second-order valence-electron chi connectivity index (χ2n) is 6.85. The third kappa shape index (κ3) is 2.92. The smallest absolute Gasteiger partial charge is 0.142 e. The van der Waals surface area contributed by atoms with Crippen LogP contribution in [0, 0.1) is 11.3 Å². The van der Waals surface area contributed by atoms with Crippen molar-refractivity contribution in [1.82, 2.24) is 4.98 Å². The molecule has 0 bridgehead atoms. The number of nitrogens with zero attached hydrogens (tertiary/aromatic N) is 1. The molecule has 0 radical (unpaired) electrons. The average molecular weight is 262 g/mol. The Balaban J connectivity index is 2.18. The first-order chi connectivity index (χ1) is 8.87. The minimum absolute atomic E-state index is 0.325. The fourth-order valence-corrected chi connectivity index (χ4v) is 3.16. The number of methoxy groups -OCH3 is 1. The monoisotopic (exact) mass is 262 g/mol. The zero-order valence-electron chi connectivity index (χ0n) is 12.6. The Morgan fingerprint density at radius 3 is 2.47 bits per heavy atom. The van der Waals surface area contributed by atoms with E-state index >= 15 is 0 Å². The molecular weight excluding hydrogens is 236 g/mol. The van der Waals surface area contributed by atoms with Crippen molar-refractivity contribution in [2.24, 2.45) is 17.1 Å². The van der Waals surface area contributed by atoms with Gasteiger partial charge < -0.3 is 10.5 Å². The molecule has 3 nitrogen and oxygen atoms in total. The van der Waals surface area contributed by atoms with Crippen molar-refractivity contribution >= 4 is 0 Å². The Morgan fingerprint density at radius 2 is 1.95 bits per heavy atom. The van der Waals surface area contributed by atoms with E-state index in [9.17, 15) is 0 Å². The standard InChI is InChI=1S/C16H26N2O/c1-15(2,3)12-7-9-16(17,10-8-12)14-13(19-4)6-5-11-18-14/h5-6,11-12H,7-10,17H2,1-4H3. The minimum atomic E-state index is -0.325. The van der Waals surface area contributed by atoms with Crippen LogP contribution in [0.5, 0.6) is 5.75 Å². The van der Waals surface area contributed by atoms with Gasteiger partial charge in [-0.25, -0.2) is 0 Å². The largest absolute Gasteiger partial charge is 0.495 e. The molecule has 3 heteroatoms. The number of nitrogens with two attached hydrogens (primary N) is 1. The molecule has 2 N–H and O–H groups in total. The first kappa shape index (κ1) is 14.3. The van der Waals surface area contributed by atoms with Crippen molar-refractivity contribution in [2.75, 3.05) is 7.11 Å². The van der Waals surface area contributed by atoms with Crippen LogP contribution in [0.2, 0.25) is 0 Å². The second kappa shape index (κ2) is 5.12. The van der Waals surface area contributed by atoms with E-state index in [2.05, 4.69) is 25.8 Å². The SMILES string of the molecule is COc1cccnc1C1(N)CCC(C(C)(C)C)CC1. The Bertz CT molecular complexity index is 429. The van der Waals surface area contributed by atoms with Gasteiger partial charge in [-0.3, -0.25) is 4.98 Å². The molecular formula is C16H26N2O. The lowest BCUT2D eigenvalue weighted by atomic mass is 9.66. The molecule has 0 aromatic carbocycles. The molecule has 1 aromatic heterocycles. The van der Waals surface area contributed by atoms with Gasteiger partial charge in [-0.2, -0.15) is 0 Å². The Morgan fingerprint density at radius 1 is 1.32 bits per heavy atom. The molecule has 0 amide bonds. The minimum Gasteiger partial charge on any atom is -0.495 e. The number of hydrogen-bond donors (Lipinski definition) is 1. The van der Waals surface area contributed by atoms with Gasteiger partial charge in [0, 0.05) is 6.20 Å². The average Bonchev–Trinajstić information content (AvgIpc) is 2.38. The summed E-state index contributed by atoms with van der Waals surface area (Å²) in [4.78, 5) is 4.48. The summed E-state index contributed by atoms with van der Waals surface area (Å²) in [6, 6.07) is 3.85. The van der Waals surface area contributed by atoms with Gasteiger partial charge in [0.1, 0.15) is 11.4 Å². The summed E-state index contributed by atoms with van der Waals surface area (Å²) in [6.45, 7) is 6.97. The number of pyridine rings is 1. The van der Waals surface area contributed by atoms with E-state index in [0.29, 0.717) is 5.41 Å². The Labute approximate surface area is 116 Å². The molecule has 0 unspecified atom stereocenters. The lowest BCUT2D eigenvalue weighted by Gasteiger charge is -2.42. The van der Waals surface area contributed by atoms with Crippen LogP contribution in [0.15, 0.2) is 18.3 Å². The van der Waals surface area contributed by atoms with Gasteiger partial charge >= 0.3 is 0 Å². The molecule has 1 saturated carbocycles. The van der Waals surface area contributed by atoms with E-state index in [-0.39, 0.29) is 5.54 Å². The third-order valence-electron chi connectivity index (χ3n) is 4.56. The van der Waals surface area contributed by atoms with E-state index < -0.39 is 0 Å². The maximum Gasteiger partial charge on any atom is 0.142 e. The molecule has 0 spiro atoms. The van der Waals surface area contributed by atoms with Crippen LogP contribution in [0.1, 0.15) is 52.1 Å². The molecule has 1 aromatic rings. The number of aromatic nitrogens is 1. The molecule has 19 heavy (non-hydrogen) atoms. The second-order valence-corrected chi connectivity index (χ2v) is 6.85. The van der Waals surface area contributed by atoms with E-state index in [0.717, 1.165) is 30.2 Å². The normalized spacial score (nSPS) is 28.2. The predicted octanol–water partition coefficient (Wildman–Crippen LogP) is 3.48. The van der Waals surface area contributed by atoms with Gasteiger partial charge in [-0.05, 0) is 49.1 Å². The van der Waals surface area contributed by atoms with E-state index in [1.54, 1.807) is 7.11 Å². The maximum absolute atomic E-state index is 6.62. The van der Waals surface area contributed by atoms with Crippen LogP contribution in [0.3, 0.4) is 0 Å². The predicted molar refractivity (Wildman–Crippen MR) is 78.1 cm³/mol. The van der Waals surface area contributed by atoms with E-state index in [1.807, 2.05) is 18.3 Å². The van der Waals surface area contributed by atoms with E-state index in [1.165, 1.54) is 12.8 Å². The first-order valence-corrected chi connectivity index (χ1v) is 7.15. The molecule has 1 aliphatic carbocycles. The van der Waals surface area contributed by atoms with Crippen LogP contribution in [-0.2, 0) is 5.54 Å². The van der Waals surface area contributed by atoms with Gasteiger partial charge in [-0.15, -0.1) is 0 Å². The van der Waals surface area contributed by atoms with Crippen molar-refractivity contribution < 1.29 is 4.74 Å². The maximum atomic E-state index is 6.62. The molecule has 0 atom stereocenters. The van der Waals surface area contributed by atoms with Gasteiger partial charge in [0.25, 0.3) is 0 Å². The molecule has 1 heterocycles. The van der Waals surface area contributed by atoms with Crippen LogP contribution < -0.4 is 10.5 Å². The van der Waals surface area contributed by atoms with Crippen LogP contribution in [0.4, 0.5) is 0 Å². The fourth-order valence-electron chi connectivity index (χ4n) is 3.16. The van der Waals surface area contributed by atoms with Gasteiger partial charge in [0.15, 0.2) is 0 Å². The van der Waals surface area contributed by atoms with E-state index in [4.69, 9.17) is 10.5 Å². The summed E-state index contributed by atoms with van der Waals surface area (Å²) < 4.78 is 5.42. The lowest BCUT2D eigenvalue weighted by molar-refractivity contribution is 0.130. The number of ether oxygens (including phenoxy) is 1. The summed E-state index contributed by atoms with van der Waals surface area (Å²) in [7, 11) is 1.69. The molecule has 1 aliphatic rings. The quantitative estimate of drug-likeness (QED) is 0.887. The van der Waals surface area contributed by atoms with Crippen LogP contribution >= 0.6 is 0 Å². The summed E-state index contributed by atoms with van der Waals surface area (Å²) in [5, 5.41) is 0. The first-order valence-electron chi connectivity index (χ1n) is 7.15.